The number of nitrogens with zero attached hydrogens (tertiary/aromatic N) is 3. The number of hydrogen-bond acceptors (Lipinski definition) is 5. The van der Waals surface area contributed by atoms with Gasteiger partial charge >= 0.3 is 5.91 Å². The molecule has 0 atom stereocenters. The van der Waals surface area contributed by atoms with Crippen LogP contribution in [0.5, 0.6) is 17.5 Å². The van der Waals surface area contributed by atoms with E-state index < -0.39 is 24.2 Å². The van der Waals surface area contributed by atoms with E-state index in [-0.39, 0.29) is 35.0 Å². The maximum atomic E-state index is 12.8. The molecule has 29 heavy (non-hydrogen) atoms. The zero-order chi connectivity index (χ0) is 21.0. The second-order valence-corrected chi connectivity index (χ2v) is 5.95. The Morgan fingerprint density at radius 3 is 2.45 bits per heavy atom. The highest BCUT2D eigenvalue weighted by Crippen LogP contribution is 2.36. The summed E-state index contributed by atoms with van der Waals surface area (Å²) in [5.41, 5.74) is 0.0690. The third-order valence-electron chi connectivity index (χ3n) is 4.00. The average molecular weight is 397 g/mol. The number of allylic oxidation sites excluding steroid dienone is 1. The van der Waals surface area contributed by atoms with Gasteiger partial charge in [-0.25, -0.2) is 4.39 Å². The molecule has 0 saturated carbocycles. The van der Waals surface area contributed by atoms with Crippen molar-refractivity contribution < 1.29 is 28.9 Å². The summed E-state index contributed by atoms with van der Waals surface area (Å²) in [6, 6.07) is 9.23. The summed E-state index contributed by atoms with van der Waals surface area (Å²) in [7, 11) is 0. The van der Waals surface area contributed by atoms with Crippen LogP contribution in [0.2, 0.25) is 0 Å². The summed E-state index contributed by atoms with van der Waals surface area (Å²) >= 11 is 0. The molecule has 0 unspecified atom stereocenters. The lowest BCUT2D eigenvalue weighted by Gasteiger charge is -2.02. The van der Waals surface area contributed by atoms with Gasteiger partial charge in [-0.2, -0.15) is 0 Å². The van der Waals surface area contributed by atoms with E-state index in [1.165, 1.54) is 53.1 Å². The fourth-order valence-corrected chi connectivity index (χ4v) is 2.61. The molecule has 0 radical (unpaired) electrons. The molecule has 0 bridgehead atoms. The third kappa shape index (κ3) is 4.29. The molecule has 3 aromatic rings. The van der Waals surface area contributed by atoms with Gasteiger partial charge in [-0.05, 0) is 42.5 Å². The standard InChI is InChI=1S/C20H16FN3O5/c1-2-9-24-19(27)15-8-3-12(10-16(15)20(24)28)18(26)23-22-17(25)11-29-14-6-4-13(21)5-7-14/h2-8,10,27-28H,1,9,11H2. The zero-order valence-corrected chi connectivity index (χ0v) is 15.1. The number of aromatic nitrogens is 1. The second-order valence-electron chi connectivity index (χ2n) is 5.95. The monoisotopic (exact) mass is 397 g/mol. The smallest absolute Gasteiger partial charge is 0.302 e. The number of azo groups is 1. The van der Waals surface area contributed by atoms with Gasteiger partial charge in [0.25, 0.3) is 5.91 Å². The van der Waals surface area contributed by atoms with Crippen molar-refractivity contribution in [2.75, 3.05) is 6.61 Å². The molecule has 0 aliphatic rings. The highest BCUT2D eigenvalue weighted by atomic mass is 19.1. The molecule has 0 saturated heterocycles. The fourth-order valence-electron chi connectivity index (χ4n) is 2.61. The van der Waals surface area contributed by atoms with E-state index in [1.54, 1.807) is 0 Å². The molecule has 0 fully saturated rings. The van der Waals surface area contributed by atoms with Gasteiger partial charge in [-0.1, -0.05) is 6.08 Å². The molecule has 2 aromatic carbocycles. The van der Waals surface area contributed by atoms with Crippen LogP contribution in [0.25, 0.3) is 10.8 Å². The van der Waals surface area contributed by atoms with Gasteiger partial charge in [0.1, 0.15) is 11.6 Å². The molecule has 148 valence electrons. The largest absolute Gasteiger partial charge is 0.494 e. The minimum absolute atomic E-state index is 0.0690. The first-order chi connectivity index (χ1) is 13.9. The maximum absolute atomic E-state index is 12.8. The van der Waals surface area contributed by atoms with Crippen molar-refractivity contribution in [3.05, 3.63) is 66.5 Å². The number of ether oxygens (including phenoxy) is 1. The predicted octanol–water partition coefficient (Wildman–Crippen LogP) is 3.58. The molecule has 3 rings (SSSR count). The Hall–Kier alpha value is -4.01. The number of rotatable bonds is 6. The summed E-state index contributed by atoms with van der Waals surface area (Å²) in [6.07, 6.45) is 1.50. The molecule has 9 heteroatoms. The maximum Gasteiger partial charge on any atom is 0.302 e. The van der Waals surface area contributed by atoms with Crippen LogP contribution in [0.4, 0.5) is 4.39 Å². The van der Waals surface area contributed by atoms with Crippen LogP contribution >= 0.6 is 0 Å². The minimum Gasteiger partial charge on any atom is -0.494 e. The highest BCUT2D eigenvalue weighted by molar-refractivity contribution is 6.02. The molecular formula is C20H16FN3O5. The molecule has 2 N–H and O–H groups in total. The summed E-state index contributed by atoms with van der Waals surface area (Å²) in [4.78, 5) is 23.9. The Morgan fingerprint density at radius 1 is 1.07 bits per heavy atom. The number of hydrogen-bond donors (Lipinski definition) is 2. The second kappa shape index (κ2) is 8.34. The van der Waals surface area contributed by atoms with E-state index in [0.29, 0.717) is 5.39 Å². The third-order valence-corrected chi connectivity index (χ3v) is 4.00. The summed E-state index contributed by atoms with van der Waals surface area (Å²) in [5, 5.41) is 27.6. The van der Waals surface area contributed by atoms with Crippen molar-refractivity contribution in [3.63, 3.8) is 0 Å². The van der Waals surface area contributed by atoms with Gasteiger partial charge in [0, 0.05) is 22.9 Å². The number of carbonyl (C=O) groups excluding carboxylic acids is 2. The number of fused-ring (bicyclic) bond motifs is 1. The Balaban J connectivity index is 1.70. The number of aromatic hydroxyl groups is 2. The van der Waals surface area contributed by atoms with E-state index in [2.05, 4.69) is 16.8 Å². The van der Waals surface area contributed by atoms with Crippen molar-refractivity contribution in [1.82, 2.24) is 4.57 Å². The van der Waals surface area contributed by atoms with Crippen LogP contribution in [0, 0.1) is 5.82 Å². The summed E-state index contributed by atoms with van der Waals surface area (Å²) in [5.74, 6) is -2.17. The SMILES string of the molecule is C=CCn1c(O)c2ccc(C(=O)N=NC(=O)COc3ccc(F)cc3)cc2c1O. The predicted molar refractivity (Wildman–Crippen MR) is 102 cm³/mol. The van der Waals surface area contributed by atoms with Crippen molar-refractivity contribution >= 4 is 22.6 Å². The Morgan fingerprint density at radius 2 is 1.76 bits per heavy atom. The van der Waals surface area contributed by atoms with E-state index in [1.807, 2.05) is 0 Å². The molecule has 8 nitrogen and oxygen atoms in total. The zero-order valence-electron chi connectivity index (χ0n) is 15.1. The molecule has 0 aliphatic carbocycles. The number of carbonyl (C=O) groups is 2. The van der Waals surface area contributed by atoms with Gasteiger partial charge in [0.2, 0.25) is 11.8 Å². The number of halogens is 1. The van der Waals surface area contributed by atoms with Crippen molar-refractivity contribution in [2.45, 2.75) is 6.54 Å². The van der Waals surface area contributed by atoms with Crippen LogP contribution in [0.15, 0.2) is 65.3 Å². The lowest BCUT2D eigenvalue weighted by Crippen LogP contribution is -2.08. The van der Waals surface area contributed by atoms with Gasteiger partial charge in [-0.3, -0.25) is 14.2 Å². The Labute approximate surface area is 164 Å². The Kier molecular flexibility index (Phi) is 5.68. The summed E-state index contributed by atoms with van der Waals surface area (Å²) < 4.78 is 19.2. The first-order valence-corrected chi connectivity index (χ1v) is 8.43. The average Bonchev–Trinajstić information content (AvgIpc) is 2.96. The lowest BCUT2D eigenvalue weighted by atomic mass is 10.1. The summed E-state index contributed by atoms with van der Waals surface area (Å²) in [6.45, 7) is 3.26. The quantitative estimate of drug-likeness (QED) is 0.488. The highest BCUT2D eigenvalue weighted by Gasteiger charge is 2.17. The van der Waals surface area contributed by atoms with Crippen LogP contribution in [-0.4, -0.2) is 33.2 Å². The first-order valence-electron chi connectivity index (χ1n) is 8.43. The van der Waals surface area contributed by atoms with Crippen LogP contribution < -0.4 is 4.74 Å². The van der Waals surface area contributed by atoms with Crippen molar-refractivity contribution in [1.29, 1.82) is 0 Å². The van der Waals surface area contributed by atoms with Gasteiger partial charge in [-0.15, -0.1) is 16.8 Å². The van der Waals surface area contributed by atoms with Crippen LogP contribution in [-0.2, 0) is 11.3 Å². The molecule has 1 heterocycles. The molecule has 0 spiro atoms. The molecule has 0 aliphatic heterocycles. The van der Waals surface area contributed by atoms with E-state index >= 15 is 0 Å². The topological polar surface area (TPSA) is 113 Å². The van der Waals surface area contributed by atoms with Crippen LogP contribution in [0.3, 0.4) is 0 Å². The van der Waals surface area contributed by atoms with Gasteiger partial charge in [0.15, 0.2) is 6.61 Å². The van der Waals surface area contributed by atoms with Crippen LogP contribution in [0.1, 0.15) is 10.4 Å². The number of benzene rings is 2. The van der Waals surface area contributed by atoms with Gasteiger partial charge in [0.05, 0.1) is 0 Å². The van der Waals surface area contributed by atoms with E-state index in [9.17, 15) is 24.2 Å². The molecule has 2 amide bonds. The normalized spacial score (nSPS) is 11.1. The van der Waals surface area contributed by atoms with E-state index in [0.717, 1.165) is 0 Å². The fraction of sp³-hybridized carbons (Fsp3) is 0.100. The van der Waals surface area contributed by atoms with E-state index in [4.69, 9.17) is 4.74 Å². The minimum atomic E-state index is -0.808. The molecular weight excluding hydrogens is 381 g/mol. The molecule has 1 aromatic heterocycles. The van der Waals surface area contributed by atoms with Gasteiger partial charge < -0.3 is 14.9 Å². The lowest BCUT2D eigenvalue weighted by molar-refractivity contribution is -0.120. The first kappa shape index (κ1) is 19.7. The van der Waals surface area contributed by atoms with Crippen molar-refractivity contribution in [2.24, 2.45) is 10.2 Å². The van der Waals surface area contributed by atoms with Crippen molar-refractivity contribution in [3.8, 4) is 17.5 Å². The number of amides is 2. The Bertz CT molecular complexity index is 1120.